The minimum absolute atomic E-state index is 0.112. The van der Waals surface area contributed by atoms with Crippen molar-refractivity contribution < 1.29 is 17.9 Å². The molecule has 0 atom stereocenters. The lowest BCUT2D eigenvalue weighted by Gasteiger charge is -2.36. The van der Waals surface area contributed by atoms with Crippen molar-refractivity contribution >= 4 is 27.3 Å². The number of rotatable bonds is 4. The van der Waals surface area contributed by atoms with Gasteiger partial charge in [0.1, 0.15) is 10.6 Å². The van der Waals surface area contributed by atoms with Gasteiger partial charge in [-0.2, -0.15) is 0 Å². The number of nitrogens with zero attached hydrogens (tertiary/aromatic N) is 3. The monoisotopic (exact) mass is 430 g/mol. The molecule has 2 aromatic rings. The van der Waals surface area contributed by atoms with Gasteiger partial charge in [-0.05, 0) is 24.7 Å². The van der Waals surface area contributed by atoms with E-state index in [4.69, 9.17) is 4.74 Å². The molecule has 9 heteroatoms. The number of sulfonamides is 1. The first kappa shape index (κ1) is 20.6. The van der Waals surface area contributed by atoms with Gasteiger partial charge >= 0.3 is 0 Å². The van der Waals surface area contributed by atoms with Crippen molar-refractivity contribution in [2.24, 2.45) is 0 Å². The van der Waals surface area contributed by atoms with Gasteiger partial charge in [-0.3, -0.25) is 4.79 Å². The molecule has 0 aromatic heterocycles. The average molecular weight is 431 g/mol. The molecule has 1 N–H and O–H groups in total. The van der Waals surface area contributed by atoms with Crippen molar-refractivity contribution in [2.45, 2.75) is 11.8 Å². The summed E-state index contributed by atoms with van der Waals surface area (Å²) in [6, 6.07) is 10.3. The Balaban J connectivity index is 1.85. The van der Waals surface area contributed by atoms with Gasteiger partial charge in [0, 0.05) is 46.3 Å². The number of ether oxygens (including phenoxy) is 1. The van der Waals surface area contributed by atoms with Crippen LogP contribution in [0.2, 0.25) is 0 Å². The Morgan fingerprint density at radius 3 is 2.43 bits per heavy atom. The number of nitrogens with one attached hydrogen (secondary N) is 1. The third-order valence-corrected chi connectivity index (χ3v) is 7.42. The average Bonchev–Trinajstić information content (AvgIpc) is 2.88. The lowest BCUT2D eigenvalue weighted by Crippen LogP contribution is -2.46. The molecule has 2 aromatic carbocycles. The molecule has 1 amide bonds. The van der Waals surface area contributed by atoms with Gasteiger partial charge in [0.15, 0.2) is 5.75 Å². The highest BCUT2D eigenvalue weighted by atomic mass is 32.2. The fourth-order valence-corrected chi connectivity index (χ4v) is 4.85. The number of piperazine rings is 1. The quantitative estimate of drug-likeness (QED) is 0.802. The fraction of sp³-hybridized carbons (Fsp3) is 0.381. The van der Waals surface area contributed by atoms with E-state index in [9.17, 15) is 13.2 Å². The normalized spacial score (nSPS) is 17.1. The van der Waals surface area contributed by atoms with Gasteiger partial charge in [0.05, 0.1) is 16.9 Å². The summed E-state index contributed by atoms with van der Waals surface area (Å²) < 4.78 is 33.5. The largest absolute Gasteiger partial charge is 0.454 e. The summed E-state index contributed by atoms with van der Waals surface area (Å²) in [5, 5.41) is 2.81. The predicted octanol–water partition coefficient (Wildman–Crippen LogP) is 2.44. The summed E-state index contributed by atoms with van der Waals surface area (Å²) >= 11 is 0. The number of hydrogen-bond donors (Lipinski definition) is 1. The van der Waals surface area contributed by atoms with Crippen LogP contribution in [-0.4, -0.2) is 70.3 Å². The Morgan fingerprint density at radius 1 is 1.07 bits per heavy atom. The van der Waals surface area contributed by atoms with Crippen LogP contribution in [0.25, 0.3) is 0 Å². The molecule has 2 aliphatic rings. The first-order valence-electron chi connectivity index (χ1n) is 9.97. The van der Waals surface area contributed by atoms with Crippen LogP contribution in [-0.2, 0) is 10.0 Å². The molecule has 0 bridgehead atoms. The summed E-state index contributed by atoms with van der Waals surface area (Å²) in [5.41, 5.74) is 1.31. The molecule has 0 spiro atoms. The minimum Gasteiger partial charge on any atom is -0.454 e. The Hall–Kier alpha value is -2.62. The van der Waals surface area contributed by atoms with Crippen LogP contribution >= 0.6 is 0 Å². The molecule has 30 heavy (non-hydrogen) atoms. The maximum absolute atomic E-state index is 13.1. The second-order valence-corrected chi connectivity index (χ2v) is 9.70. The van der Waals surface area contributed by atoms with Crippen LogP contribution in [0, 0.1) is 0 Å². The second kappa shape index (κ2) is 7.90. The van der Waals surface area contributed by atoms with E-state index in [1.165, 1.54) is 24.5 Å². The Kier molecular flexibility index (Phi) is 5.44. The number of carbonyl (C=O) groups is 1. The van der Waals surface area contributed by atoms with E-state index >= 15 is 0 Å². The topological polar surface area (TPSA) is 82.2 Å². The van der Waals surface area contributed by atoms with Gasteiger partial charge in [-0.25, -0.2) is 12.7 Å². The zero-order valence-electron chi connectivity index (χ0n) is 17.4. The van der Waals surface area contributed by atoms with Crippen LogP contribution < -0.4 is 15.0 Å². The highest BCUT2D eigenvalue weighted by Gasteiger charge is 2.31. The summed E-state index contributed by atoms with van der Waals surface area (Å²) in [7, 11) is -0.785. The van der Waals surface area contributed by atoms with Gasteiger partial charge < -0.3 is 19.9 Å². The molecule has 160 valence electrons. The number of hydrogen-bond acceptors (Lipinski definition) is 6. The van der Waals surface area contributed by atoms with E-state index in [1.807, 2.05) is 6.07 Å². The Labute approximate surface area is 177 Å². The minimum atomic E-state index is -3.77. The van der Waals surface area contributed by atoms with Crippen LogP contribution in [0.15, 0.2) is 41.3 Å². The van der Waals surface area contributed by atoms with E-state index in [1.54, 1.807) is 24.3 Å². The Bertz CT molecular complexity index is 1080. The van der Waals surface area contributed by atoms with Gasteiger partial charge in [0.2, 0.25) is 10.0 Å². The third-order valence-electron chi connectivity index (χ3n) is 5.58. The number of carbonyl (C=O) groups excluding carboxylic acids is 1. The number of anilines is 2. The zero-order valence-corrected chi connectivity index (χ0v) is 18.2. The predicted molar refractivity (Wildman–Crippen MR) is 116 cm³/mol. The van der Waals surface area contributed by atoms with E-state index in [2.05, 4.69) is 22.0 Å². The van der Waals surface area contributed by atoms with Gasteiger partial charge in [-0.1, -0.05) is 19.1 Å². The first-order chi connectivity index (χ1) is 14.3. The Morgan fingerprint density at radius 2 is 1.77 bits per heavy atom. The zero-order chi connectivity index (χ0) is 21.5. The fourth-order valence-electron chi connectivity index (χ4n) is 3.73. The number of benzene rings is 2. The number of fused-ring (bicyclic) bond motifs is 2. The van der Waals surface area contributed by atoms with Crippen molar-refractivity contribution in [3.05, 3.63) is 42.0 Å². The van der Waals surface area contributed by atoms with Gasteiger partial charge in [0.25, 0.3) is 5.91 Å². The van der Waals surface area contributed by atoms with Crippen molar-refractivity contribution in [3.63, 3.8) is 0 Å². The number of amides is 1. The number of likely N-dealkylation sites (N-methyl/N-ethyl adjacent to an activating group) is 1. The lowest BCUT2D eigenvalue weighted by atomic mass is 10.1. The first-order valence-corrected chi connectivity index (χ1v) is 11.4. The van der Waals surface area contributed by atoms with Crippen LogP contribution in [0.5, 0.6) is 11.5 Å². The molecule has 1 saturated heterocycles. The van der Waals surface area contributed by atoms with E-state index in [0.29, 0.717) is 36.0 Å². The van der Waals surface area contributed by atoms with Gasteiger partial charge in [-0.15, -0.1) is 0 Å². The highest BCUT2D eigenvalue weighted by Crippen LogP contribution is 2.40. The SMILES string of the molecule is CCN1CCN(c2cc3c(cc2S(=O)(=O)N(C)C)C(=O)Nc2ccccc2O3)CC1. The molecule has 0 aliphatic carbocycles. The number of para-hydroxylation sites is 2. The van der Waals surface area contributed by atoms with Crippen LogP contribution in [0.3, 0.4) is 0 Å². The van der Waals surface area contributed by atoms with Crippen LogP contribution in [0.4, 0.5) is 11.4 Å². The molecule has 4 rings (SSSR count). The smallest absolute Gasteiger partial charge is 0.259 e. The summed E-state index contributed by atoms with van der Waals surface area (Å²) in [5.74, 6) is 0.477. The maximum Gasteiger partial charge on any atom is 0.259 e. The molecule has 0 saturated carbocycles. The molecule has 0 unspecified atom stereocenters. The molecule has 0 radical (unpaired) electrons. The summed E-state index contributed by atoms with van der Waals surface area (Å²) in [6.45, 7) is 6.17. The molecule has 2 heterocycles. The van der Waals surface area contributed by atoms with E-state index in [0.717, 1.165) is 19.6 Å². The third kappa shape index (κ3) is 3.64. The van der Waals surface area contributed by atoms with E-state index in [-0.39, 0.29) is 10.5 Å². The lowest BCUT2D eigenvalue weighted by molar-refractivity contribution is 0.102. The molecular formula is C21H26N4O4S. The van der Waals surface area contributed by atoms with Crippen molar-refractivity contribution in [1.82, 2.24) is 9.21 Å². The van der Waals surface area contributed by atoms with Crippen molar-refractivity contribution in [2.75, 3.05) is 57.0 Å². The summed E-state index contributed by atoms with van der Waals surface area (Å²) in [4.78, 5) is 17.4. The molecule has 8 nitrogen and oxygen atoms in total. The maximum atomic E-state index is 13.1. The highest BCUT2D eigenvalue weighted by molar-refractivity contribution is 7.89. The molecular weight excluding hydrogens is 404 g/mol. The summed E-state index contributed by atoms with van der Waals surface area (Å²) in [6.07, 6.45) is 0. The second-order valence-electron chi connectivity index (χ2n) is 7.58. The van der Waals surface area contributed by atoms with Crippen molar-refractivity contribution in [1.29, 1.82) is 0 Å². The van der Waals surface area contributed by atoms with E-state index < -0.39 is 15.9 Å². The standard InChI is InChI=1S/C21H26N4O4S/c1-4-24-9-11-25(12-10-24)17-14-19-15(13-20(17)30(27,28)23(2)3)21(26)22-16-7-5-6-8-18(16)29-19/h5-8,13-14H,4,9-12H2,1-3H3,(H,22,26). The molecule has 1 fully saturated rings. The van der Waals surface area contributed by atoms with Crippen molar-refractivity contribution in [3.8, 4) is 11.5 Å². The van der Waals surface area contributed by atoms with Crippen LogP contribution in [0.1, 0.15) is 17.3 Å². The molecule has 2 aliphatic heterocycles.